The first-order chi connectivity index (χ1) is 12.4. The Labute approximate surface area is 155 Å². The molecule has 0 saturated carbocycles. The van der Waals surface area contributed by atoms with E-state index in [1.54, 1.807) is 12.3 Å². The van der Waals surface area contributed by atoms with Crippen LogP contribution in [0.3, 0.4) is 0 Å². The maximum Gasteiger partial charge on any atom is 0.270 e. The van der Waals surface area contributed by atoms with E-state index in [2.05, 4.69) is 44.8 Å². The molecule has 2 N–H and O–H groups in total. The third-order valence-corrected chi connectivity index (χ3v) is 4.36. The molecule has 1 aliphatic rings. The second kappa shape index (κ2) is 7.77. The topological polar surface area (TPSA) is 57.3 Å². The van der Waals surface area contributed by atoms with Gasteiger partial charge in [-0.05, 0) is 76.4 Å². The Morgan fingerprint density at radius 3 is 2.19 bits per heavy atom. The SMILES string of the molecule is CC(C)(C)NC(=O)c1ccc(Nc2ccc(N3CCCCC3)cc2)cn1. The molecule has 1 aromatic carbocycles. The highest BCUT2D eigenvalue weighted by Crippen LogP contribution is 2.23. The summed E-state index contributed by atoms with van der Waals surface area (Å²) in [5.41, 5.74) is 3.31. The highest BCUT2D eigenvalue weighted by atomic mass is 16.2. The minimum absolute atomic E-state index is 0.157. The number of nitrogens with zero attached hydrogens (tertiary/aromatic N) is 2. The van der Waals surface area contributed by atoms with Crippen LogP contribution in [0.1, 0.15) is 50.5 Å². The van der Waals surface area contributed by atoms with E-state index in [0.29, 0.717) is 5.69 Å². The lowest BCUT2D eigenvalue weighted by Crippen LogP contribution is -2.40. The molecule has 0 aliphatic carbocycles. The molecule has 0 spiro atoms. The molecule has 5 heteroatoms. The van der Waals surface area contributed by atoms with Gasteiger partial charge in [-0.1, -0.05) is 0 Å². The first-order valence-electron chi connectivity index (χ1n) is 9.31. The molecule has 0 atom stereocenters. The molecule has 1 saturated heterocycles. The Hall–Kier alpha value is -2.56. The van der Waals surface area contributed by atoms with Crippen molar-refractivity contribution < 1.29 is 4.79 Å². The Morgan fingerprint density at radius 1 is 0.962 bits per heavy atom. The van der Waals surface area contributed by atoms with E-state index >= 15 is 0 Å². The van der Waals surface area contributed by atoms with E-state index in [4.69, 9.17) is 0 Å². The van der Waals surface area contributed by atoms with Crippen molar-refractivity contribution in [2.24, 2.45) is 0 Å². The largest absolute Gasteiger partial charge is 0.372 e. The summed E-state index contributed by atoms with van der Waals surface area (Å²) in [7, 11) is 0. The van der Waals surface area contributed by atoms with Crippen molar-refractivity contribution in [3.05, 3.63) is 48.3 Å². The minimum atomic E-state index is -0.272. The number of aromatic nitrogens is 1. The smallest absolute Gasteiger partial charge is 0.270 e. The van der Waals surface area contributed by atoms with E-state index in [1.807, 2.05) is 26.8 Å². The fourth-order valence-corrected chi connectivity index (χ4v) is 3.08. The van der Waals surface area contributed by atoms with Crippen LogP contribution in [0.5, 0.6) is 0 Å². The molecule has 1 fully saturated rings. The second-order valence-electron chi connectivity index (χ2n) is 7.86. The quantitative estimate of drug-likeness (QED) is 0.859. The molecule has 26 heavy (non-hydrogen) atoms. The summed E-state index contributed by atoms with van der Waals surface area (Å²) in [4.78, 5) is 18.8. The van der Waals surface area contributed by atoms with E-state index < -0.39 is 0 Å². The van der Waals surface area contributed by atoms with E-state index in [9.17, 15) is 4.79 Å². The van der Waals surface area contributed by atoms with Crippen LogP contribution in [-0.4, -0.2) is 29.5 Å². The number of benzene rings is 1. The highest BCUT2D eigenvalue weighted by Gasteiger charge is 2.16. The fraction of sp³-hybridized carbons (Fsp3) is 0.429. The highest BCUT2D eigenvalue weighted by molar-refractivity contribution is 5.93. The van der Waals surface area contributed by atoms with Crippen LogP contribution < -0.4 is 15.5 Å². The van der Waals surface area contributed by atoms with Gasteiger partial charge in [0.05, 0.1) is 11.9 Å². The number of anilines is 3. The lowest BCUT2D eigenvalue weighted by atomic mass is 10.1. The molecule has 0 radical (unpaired) electrons. The first-order valence-corrected chi connectivity index (χ1v) is 9.31. The van der Waals surface area contributed by atoms with Crippen molar-refractivity contribution in [3.8, 4) is 0 Å². The number of pyridine rings is 1. The van der Waals surface area contributed by atoms with Gasteiger partial charge in [0.25, 0.3) is 5.91 Å². The average Bonchev–Trinajstić information content (AvgIpc) is 2.62. The number of hydrogen-bond acceptors (Lipinski definition) is 4. The van der Waals surface area contributed by atoms with E-state index in [-0.39, 0.29) is 11.4 Å². The van der Waals surface area contributed by atoms with E-state index in [1.165, 1.54) is 24.9 Å². The van der Waals surface area contributed by atoms with Gasteiger partial charge in [0, 0.05) is 30.0 Å². The molecular weight excluding hydrogens is 324 g/mol. The van der Waals surface area contributed by atoms with Gasteiger partial charge in [-0.15, -0.1) is 0 Å². The average molecular weight is 352 g/mol. The van der Waals surface area contributed by atoms with Crippen molar-refractivity contribution in [1.82, 2.24) is 10.3 Å². The lowest BCUT2D eigenvalue weighted by Gasteiger charge is -2.28. The number of carbonyl (C=O) groups excluding carboxylic acids is 1. The van der Waals surface area contributed by atoms with Crippen molar-refractivity contribution >= 4 is 23.0 Å². The van der Waals surface area contributed by atoms with Crippen LogP contribution in [0.4, 0.5) is 17.1 Å². The molecule has 1 aliphatic heterocycles. The monoisotopic (exact) mass is 352 g/mol. The van der Waals surface area contributed by atoms with Gasteiger partial charge in [-0.2, -0.15) is 0 Å². The minimum Gasteiger partial charge on any atom is -0.372 e. The number of rotatable bonds is 4. The van der Waals surface area contributed by atoms with Gasteiger partial charge < -0.3 is 15.5 Å². The van der Waals surface area contributed by atoms with Crippen LogP contribution in [-0.2, 0) is 0 Å². The van der Waals surface area contributed by atoms with Crippen molar-refractivity contribution in [3.63, 3.8) is 0 Å². The van der Waals surface area contributed by atoms with Gasteiger partial charge in [-0.25, -0.2) is 4.98 Å². The van der Waals surface area contributed by atoms with Crippen LogP contribution in [0.15, 0.2) is 42.6 Å². The molecule has 3 rings (SSSR count). The maximum absolute atomic E-state index is 12.1. The van der Waals surface area contributed by atoms with Crippen molar-refractivity contribution in [1.29, 1.82) is 0 Å². The summed E-state index contributed by atoms with van der Waals surface area (Å²) in [5.74, 6) is -0.157. The van der Waals surface area contributed by atoms with Gasteiger partial charge in [0.15, 0.2) is 0 Å². The van der Waals surface area contributed by atoms with Crippen LogP contribution in [0.25, 0.3) is 0 Å². The summed E-state index contributed by atoms with van der Waals surface area (Å²) in [6.45, 7) is 8.15. The first kappa shape index (κ1) is 18.2. The normalized spacial score (nSPS) is 14.8. The lowest BCUT2D eigenvalue weighted by molar-refractivity contribution is 0.0914. The molecule has 2 aromatic rings. The van der Waals surface area contributed by atoms with Crippen molar-refractivity contribution in [2.45, 2.75) is 45.6 Å². The zero-order valence-electron chi connectivity index (χ0n) is 15.9. The summed E-state index contributed by atoms with van der Waals surface area (Å²) >= 11 is 0. The van der Waals surface area contributed by atoms with Crippen molar-refractivity contribution in [2.75, 3.05) is 23.3 Å². The molecule has 0 bridgehead atoms. The van der Waals surface area contributed by atoms with Gasteiger partial charge in [0.1, 0.15) is 5.69 Å². The summed E-state index contributed by atoms with van der Waals surface area (Å²) in [5, 5.41) is 6.25. The Bertz CT molecular complexity index is 726. The molecule has 1 aromatic heterocycles. The van der Waals surface area contributed by atoms with Crippen LogP contribution in [0, 0.1) is 0 Å². The summed E-state index contributed by atoms with van der Waals surface area (Å²) in [6, 6.07) is 12.1. The molecule has 2 heterocycles. The van der Waals surface area contributed by atoms with Gasteiger partial charge in [-0.3, -0.25) is 4.79 Å². The molecular formula is C21H28N4O. The van der Waals surface area contributed by atoms with Crippen LogP contribution >= 0.6 is 0 Å². The molecule has 1 amide bonds. The Balaban J connectivity index is 1.61. The van der Waals surface area contributed by atoms with E-state index in [0.717, 1.165) is 24.5 Å². The maximum atomic E-state index is 12.1. The molecule has 138 valence electrons. The fourth-order valence-electron chi connectivity index (χ4n) is 3.08. The Morgan fingerprint density at radius 2 is 1.62 bits per heavy atom. The number of hydrogen-bond donors (Lipinski definition) is 2. The second-order valence-corrected chi connectivity index (χ2v) is 7.86. The molecule has 0 unspecified atom stereocenters. The third-order valence-electron chi connectivity index (χ3n) is 4.36. The number of nitrogens with one attached hydrogen (secondary N) is 2. The molecule has 5 nitrogen and oxygen atoms in total. The summed E-state index contributed by atoms with van der Waals surface area (Å²) in [6.07, 6.45) is 5.59. The number of piperidine rings is 1. The number of carbonyl (C=O) groups is 1. The van der Waals surface area contributed by atoms with Gasteiger partial charge >= 0.3 is 0 Å². The van der Waals surface area contributed by atoms with Crippen LogP contribution in [0.2, 0.25) is 0 Å². The predicted octanol–water partition coefficient (Wildman–Crippen LogP) is 4.34. The number of amides is 1. The zero-order valence-corrected chi connectivity index (χ0v) is 15.9. The predicted molar refractivity (Wildman–Crippen MR) is 107 cm³/mol. The Kier molecular flexibility index (Phi) is 5.45. The summed E-state index contributed by atoms with van der Waals surface area (Å²) < 4.78 is 0. The zero-order chi connectivity index (χ0) is 18.6. The third kappa shape index (κ3) is 4.97. The van der Waals surface area contributed by atoms with Gasteiger partial charge in [0.2, 0.25) is 0 Å². The standard InChI is InChI=1S/C21H28N4O/c1-21(2,3)24-20(26)19-12-9-17(15-22-19)23-16-7-10-18(11-8-16)25-13-5-4-6-14-25/h7-12,15,23H,4-6,13-14H2,1-3H3,(H,24,26).